The molecule has 4 rings (SSSR count). The van der Waals surface area contributed by atoms with Gasteiger partial charge in [-0.3, -0.25) is 0 Å². The van der Waals surface area contributed by atoms with Gasteiger partial charge in [0.1, 0.15) is 14.3 Å². The summed E-state index contributed by atoms with van der Waals surface area (Å²) in [6.45, 7) is 0. The minimum Gasteiger partial charge on any atom is -0.318 e. The normalized spacial score (nSPS) is 17.7. The maximum Gasteiger partial charge on any atom is 0.143 e. The van der Waals surface area contributed by atoms with Crippen LogP contribution in [-0.2, 0) is 9.13 Å². The first-order valence-corrected chi connectivity index (χ1v) is 15.2. The summed E-state index contributed by atoms with van der Waals surface area (Å²) < 4.78 is 28.5. The van der Waals surface area contributed by atoms with Crippen LogP contribution in [-0.4, -0.2) is 18.0 Å². The molecule has 0 saturated carbocycles. The Morgan fingerprint density at radius 2 is 1.12 bits per heavy atom. The van der Waals surface area contributed by atoms with Crippen LogP contribution < -0.4 is 15.9 Å². The molecule has 1 aliphatic carbocycles. The van der Waals surface area contributed by atoms with Crippen molar-refractivity contribution in [2.24, 2.45) is 0 Å². The molecule has 0 fully saturated rings. The molecular weight excluding hydrogens is 430 g/mol. The molecule has 3 aromatic rings. The van der Waals surface area contributed by atoms with Gasteiger partial charge in [0.25, 0.3) is 0 Å². The molecule has 0 amide bonds. The minimum absolute atomic E-state index is 0.0463. The van der Waals surface area contributed by atoms with E-state index >= 15 is 0 Å². The molecule has 1 aliphatic rings. The smallest absolute Gasteiger partial charge is 0.143 e. The lowest BCUT2D eigenvalue weighted by Gasteiger charge is -2.27. The molecule has 0 saturated heterocycles. The van der Waals surface area contributed by atoms with Crippen LogP contribution in [0.1, 0.15) is 19.3 Å². The minimum atomic E-state index is -2.73. The summed E-state index contributed by atoms with van der Waals surface area (Å²) in [5, 5.41) is 2.76. The van der Waals surface area contributed by atoms with Gasteiger partial charge in [0.15, 0.2) is 0 Å². The fourth-order valence-corrected chi connectivity index (χ4v) is 10.4. The van der Waals surface area contributed by atoms with Gasteiger partial charge in [0.2, 0.25) is 0 Å². The van der Waals surface area contributed by atoms with Crippen molar-refractivity contribution in [1.82, 2.24) is 0 Å². The van der Waals surface area contributed by atoms with Crippen molar-refractivity contribution in [1.29, 1.82) is 0 Å². The Hall–Kier alpha value is -2.40. The van der Waals surface area contributed by atoms with E-state index in [0.29, 0.717) is 12.3 Å². The third-order valence-corrected chi connectivity index (χ3v) is 13.1. The lowest BCUT2D eigenvalue weighted by molar-refractivity contribution is 0.572. The molecule has 0 N–H and O–H groups in total. The third kappa shape index (κ3) is 4.98. The van der Waals surface area contributed by atoms with E-state index in [-0.39, 0.29) is 5.66 Å². The van der Waals surface area contributed by atoms with E-state index in [4.69, 9.17) is 0 Å². The fourth-order valence-electron chi connectivity index (χ4n) is 4.47. The zero-order chi connectivity index (χ0) is 22.3. The summed E-state index contributed by atoms with van der Waals surface area (Å²) in [5.74, 6) is 0. The Labute approximate surface area is 191 Å². The van der Waals surface area contributed by atoms with Crippen LogP contribution in [0, 0.1) is 0 Å². The molecule has 2 nitrogen and oxygen atoms in total. The molecule has 2 atom stereocenters. The molecule has 0 heterocycles. The lowest BCUT2D eigenvalue weighted by atomic mass is 10.2. The summed E-state index contributed by atoms with van der Waals surface area (Å²) in [7, 11) is -5.33. The van der Waals surface area contributed by atoms with Gasteiger partial charge in [-0.2, -0.15) is 0 Å². The van der Waals surface area contributed by atoms with E-state index < -0.39 is 14.3 Å². The van der Waals surface area contributed by atoms with Crippen LogP contribution in [0.2, 0.25) is 0 Å². The van der Waals surface area contributed by atoms with Gasteiger partial charge in [0, 0.05) is 33.9 Å². The fraction of sp³-hybridized carbons (Fsp3) is 0.214. The third-order valence-electron chi connectivity index (χ3n) is 6.25. The molecule has 2 unspecified atom stereocenters. The number of unbranched alkanes of at least 4 members (excludes halogenated alkanes) is 1. The van der Waals surface area contributed by atoms with Crippen LogP contribution in [0.15, 0.2) is 115 Å². The number of hydrogen-bond donors (Lipinski definition) is 0. The van der Waals surface area contributed by atoms with Crippen LogP contribution in [0.25, 0.3) is 0 Å². The van der Waals surface area contributed by atoms with Gasteiger partial charge in [-0.15, -0.1) is 0 Å². The molecule has 4 heteroatoms. The molecule has 0 aliphatic heterocycles. The van der Waals surface area contributed by atoms with Gasteiger partial charge >= 0.3 is 0 Å². The molecule has 3 aromatic carbocycles. The predicted molar refractivity (Wildman–Crippen MR) is 139 cm³/mol. The molecule has 0 aromatic heterocycles. The molecule has 32 heavy (non-hydrogen) atoms. The predicted octanol–water partition coefficient (Wildman–Crippen LogP) is 6.35. The van der Waals surface area contributed by atoms with Crippen molar-refractivity contribution < 1.29 is 9.13 Å². The zero-order valence-electron chi connectivity index (χ0n) is 18.3. The quantitative estimate of drug-likeness (QED) is 0.275. The van der Waals surface area contributed by atoms with E-state index in [1.165, 1.54) is 0 Å². The van der Waals surface area contributed by atoms with E-state index in [1.807, 2.05) is 103 Å². The molecular formula is C28H30O2P2. The van der Waals surface area contributed by atoms with Gasteiger partial charge in [-0.1, -0.05) is 115 Å². The van der Waals surface area contributed by atoms with Crippen molar-refractivity contribution in [2.75, 3.05) is 12.3 Å². The largest absolute Gasteiger partial charge is 0.318 e. The Morgan fingerprint density at radius 1 is 0.625 bits per heavy atom. The van der Waals surface area contributed by atoms with Gasteiger partial charge in [-0.25, -0.2) is 0 Å². The van der Waals surface area contributed by atoms with Crippen molar-refractivity contribution in [3.63, 3.8) is 0 Å². The molecule has 0 radical (unpaired) electrons. The SMILES string of the molecule is O=P(CCCCP(=O)(c1ccccc1)C1C=CC=CC1)(c1ccccc1)c1ccccc1. The highest BCUT2D eigenvalue weighted by molar-refractivity contribution is 7.78. The first-order valence-electron chi connectivity index (χ1n) is 11.3. The Morgan fingerprint density at radius 3 is 1.62 bits per heavy atom. The lowest BCUT2D eigenvalue weighted by Crippen LogP contribution is -2.20. The first kappa shape index (κ1) is 22.8. The molecule has 0 spiro atoms. The second-order valence-corrected chi connectivity index (χ2v) is 14.5. The topological polar surface area (TPSA) is 34.1 Å². The average molecular weight is 460 g/mol. The van der Waals surface area contributed by atoms with E-state index in [2.05, 4.69) is 12.2 Å². The highest BCUT2D eigenvalue weighted by Crippen LogP contribution is 2.53. The Bertz CT molecular complexity index is 1110. The van der Waals surface area contributed by atoms with Crippen LogP contribution in [0.3, 0.4) is 0 Å². The van der Waals surface area contributed by atoms with Gasteiger partial charge in [0.05, 0.1) is 0 Å². The van der Waals surface area contributed by atoms with Crippen molar-refractivity contribution in [3.05, 3.63) is 115 Å². The van der Waals surface area contributed by atoms with Crippen LogP contribution >= 0.6 is 14.3 Å². The maximum absolute atomic E-state index is 14.3. The molecule has 164 valence electrons. The Balaban J connectivity index is 1.52. The highest BCUT2D eigenvalue weighted by atomic mass is 31.2. The zero-order valence-corrected chi connectivity index (χ0v) is 20.1. The summed E-state index contributed by atoms with van der Waals surface area (Å²) >= 11 is 0. The van der Waals surface area contributed by atoms with Gasteiger partial charge < -0.3 is 9.13 Å². The highest BCUT2D eigenvalue weighted by Gasteiger charge is 2.33. The van der Waals surface area contributed by atoms with E-state index in [1.54, 1.807) is 0 Å². The second-order valence-electron chi connectivity index (χ2n) is 8.31. The standard InChI is InChI=1S/C28H30O2P2/c29-31(25-15-5-1-6-16-25,26-17-7-2-8-18-26)23-13-14-24-32(30,27-19-9-3-10-20-27)28-21-11-4-12-22-28/h1-12,15-21,28H,13-14,22-24H2. The van der Waals surface area contributed by atoms with Crippen LogP contribution in [0.4, 0.5) is 0 Å². The van der Waals surface area contributed by atoms with Gasteiger partial charge in [-0.05, 0) is 19.3 Å². The molecule has 0 bridgehead atoms. The Kier molecular flexibility index (Phi) is 7.46. The summed E-state index contributed by atoms with van der Waals surface area (Å²) in [5.41, 5.74) is 0.0463. The number of rotatable bonds is 9. The average Bonchev–Trinajstić information content (AvgIpc) is 2.88. The van der Waals surface area contributed by atoms with E-state index in [0.717, 1.165) is 35.2 Å². The van der Waals surface area contributed by atoms with Crippen molar-refractivity contribution in [3.8, 4) is 0 Å². The number of allylic oxidation sites excluding steroid dienone is 4. The van der Waals surface area contributed by atoms with Crippen molar-refractivity contribution in [2.45, 2.75) is 24.9 Å². The summed E-state index contributed by atoms with van der Waals surface area (Å²) in [4.78, 5) is 0. The number of benzene rings is 3. The monoisotopic (exact) mass is 460 g/mol. The maximum atomic E-state index is 14.3. The number of hydrogen-bond acceptors (Lipinski definition) is 2. The second kappa shape index (κ2) is 10.5. The first-order chi connectivity index (χ1) is 15.6. The summed E-state index contributed by atoms with van der Waals surface area (Å²) in [6.07, 6.45) is 11.9. The van der Waals surface area contributed by atoms with Crippen molar-refractivity contribution >= 4 is 30.2 Å². The summed E-state index contributed by atoms with van der Waals surface area (Å²) in [6, 6.07) is 29.6. The van der Waals surface area contributed by atoms with Crippen LogP contribution in [0.5, 0.6) is 0 Å². The van der Waals surface area contributed by atoms with E-state index in [9.17, 15) is 9.13 Å².